The first-order valence-corrected chi connectivity index (χ1v) is 5.95. The topological polar surface area (TPSA) is 77.8 Å². The van der Waals surface area contributed by atoms with Gasteiger partial charge in [-0.3, -0.25) is 9.97 Å². The zero-order valence-corrected chi connectivity index (χ0v) is 10.7. The minimum absolute atomic E-state index is 0.403. The van der Waals surface area contributed by atoms with Gasteiger partial charge in [-0.25, -0.2) is 0 Å². The van der Waals surface area contributed by atoms with Crippen LogP contribution in [-0.2, 0) is 0 Å². The lowest BCUT2D eigenvalue weighted by Gasteiger charge is -1.99. The molecule has 0 fully saturated rings. The molecule has 2 heterocycles. The van der Waals surface area contributed by atoms with Crippen molar-refractivity contribution in [3.8, 4) is 11.3 Å². The van der Waals surface area contributed by atoms with Crippen LogP contribution in [0.4, 0.5) is 5.82 Å². The number of rotatable bonds is 1. The fraction of sp³-hybridized carbons (Fsp3) is 0. The van der Waals surface area contributed by atoms with Crippen LogP contribution >= 0.6 is 22.6 Å². The monoisotopic (exact) mass is 338 g/mol. The summed E-state index contributed by atoms with van der Waals surface area (Å²) >= 11 is 2.11. The highest BCUT2D eigenvalue weighted by Crippen LogP contribution is 2.30. The molecule has 0 bridgehead atoms. The molecule has 6 heteroatoms. The van der Waals surface area contributed by atoms with E-state index in [9.17, 15) is 0 Å². The number of anilines is 1. The summed E-state index contributed by atoms with van der Waals surface area (Å²) in [5.74, 6) is 1.07. The zero-order valence-electron chi connectivity index (χ0n) is 8.59. The molecule has 5 nitrogen and oxygen atoms in total. The lowest BCUT2D eigenvalue weighted by molar-refractivity contribution is 0.435. The van der Waals surface area contributed by atoms with Gasteiger partial charge in [0.2, 0.25) is 0 Å². The van der Waals surface area contributed by atoms with E-state index in [0.717, 1.165) is 20.2 Å². The third kappa shape index (κ3) is 1.74. The molecule has 0 saturated carbocycles. The van der Waals surface area contributed by atoms with Gasteiger partial charge in [-0.05, 0) is 40.8 Å². The minimum atomic E-state index is 0.403. The standard InChI is InChI=1S/C11H7IN4O/c12-9-10(17-16-11(9)13)6-1-2-7-8(5-6)15-4-3-14-7/h1-5H,(H2,13,16). The Balaban J connectivity index is 2.21. The molecule has 84 valence electrons. The Hall–Kier alpha value is -1.70. The van der Waals surface area contributed by atoms with Gasteiger partial charge < -0.3 is 10.3 Å². The zero-order chi connectivity index (χ0) is 11.8. The van der Waals surface area contributed by atoms with Crippen LogP contribution in [0.5, 0.6) is 0 Å². The third-order valence-electron chi connectivity index (χ3n) is 2.39. The van der Waals surface area contributed by atoms with Gasteiger partial charge in [-0.1, -0.05) is 5.16 Å². The normalized spacial score (nSPS) is 10.9. The van der Waals surface area contributed by atoms with Crippen LogP contribution in [0.1, 0.15) is 0 Å². The minimum Gasteiger partial charge on any atom is -0.380 e. The first-order chi connectivity index (χ1) is 8.25. The number of halogens is 1. The van der Waals surface area contributed by atoms with Gasteiger partial charge in [-0.2, -0.15) is 0 Å². The van der Waals surface area contributed by atoms with Crippen molar-refractivity contribution in [3.63, 3.8) is 0 Å². The maximum atomic E-state index is 5.65. The number of aromatic nitrogens is 3. The van der Waals surface area contributed by atoms with Gasteiger partial charge in [0.05, 0.1) is 11.0 Å². The summed E-state index contributed by atoms with van der Waals surface area (Å²) in [5, 5.41) is 3.73. The molecule has 2 aromatic heterocycles. The first-order valence-electron chi connectivity index (χ1n) is 4.87. The van der Waals surface area contributed by atoms with Gasteiger partial charge in [0.25, 0.3) is 0 Å². The van der Waals surface area contributed by atoms with Crippen LogP contribution in [0.15, 0.2) is 35.1 Å². The first kappa shape index (κ1) is 10.5. The number of nitrogens with two attached hydrogens (primary N) is 1. The Morgan fingerprint density at radius 1 is 1.12 bits per heavy atom. The molecule has 1 aromatic carbocycles. The van der Waals surface area contributed by atoms with Gasteiger partial charge in [0.1, 0.15) is 3.57 Å². The van der Waals surface area contributed by atoms with E-state index in [0.29, 0.717) is 11.6 Å². The summed E-state index contributed by atoms with van der Waals surface area (Å²) in [4.78, 5) is 8.45. The Morgan fingerprint density at radius 2 is 1.88 bits per heavy atom. The lowest BCUT2D eigenvalue weighted by atomic mass is 10.1. The van der Waals surface area contributed by atoms with Crippen LogP contribution in [0.2, 0.25) is 0 Å². The van der Waals surface area contributed by atoms with Gasteiger partial charge in [0.15, 0.2) is 11.6 Å². The molecular formula is C11H7IN4O. The van der Waals surface area contributed by atoms with Crippen molar-refractivity contribution < 1.29 is 4.52 Å². The second-order valence-electron chi connectivity index (χ2n) is 3.47. The van der Waals surface area contributed by atoms with Crippen molar-refractivity contribution in [2.24, 2.45) is 0 Å². The summed E-state index contributed by atoms with van der Waals surface area (Å²) in [6.45, 7) is 0. The molecule has 3 aromatic rings. The molecule has 17 heavy (non-hydrogen) atoms. The quantitative estimate of drug-likeness (QED) is 0.690. The number of nitrogen functional groups attached to an aromatic ring is 1. The summed E-state index contributed by atoms with van der Waals surface area (Å²) < 4.78 is 6.01. The van der Waals surface area contributed by atoms with Crippen molar-refractivity contribution in [1.29, 1.82) is 0 Å². The number of nitrogens with zero attached hydrogens (tertiary/aromatic N) is 3. The smallest absolute Gasteiger partial charge is 0.182 e. The van der Waals surface area contributed by atoms with E-state index in [1.165, 1.54) is 0 Å². The molecule has 3 rings (SSSR count). The molecule has 0 unspecified atom stereocenters. The summed E-state index contributed by atoms with van der Waals surface area (Å²) in [6.07, 6.45) is 3.32. The van der Waals surface area contributed by atoms with Gasteiger partial charge in [-0.15, -0.1) is 0 Å². The van der Waals surface area contributed by atoms with Crippen LogP contribution in [0.25, 0.3) is 22.4 Å². The van der Waals surface area contributed by atoms with E-state index >= 15 is 0 Å². The van der Waals surface area contributed by atoms with Crippen molar-refractivity contribution in [2.75, 3.05) is 5.73 Å². The predicted molar refractivity (Wildman–Crippen MR) is 72.2 cm³/mol. The number of hydrogen-bond acceptors (Lipinski definition) is 5. The predicted octanol–water partition coefficient (Wildman–Crippen LogP) is 2.47. The van der Waals surface area contributed by atoms with Crippen LogP contribution in [-0.4, -0.2) is 15.1 Å². The molecule has 0 aliphatic rings. The molecule has 0 spiro atoms. The van der Waals surface area contributed by atoms with E-state index in [-0.39, 0.29) is 0 Å². The summed E-state index contributed by atoms with van der Waals surface area (Å²) in [6, 6.07) is 5.72. The van der Waals surface area contributed by atoms with Crippen LogP contribution in [0, 0.1) is 3.57 Å². The molecule has 0 saturated heterocycles. The highest BCUT2D eigenvalue weighted by Gasteiger charge is 2.13. The molecule has 0 radical (unpaired) electrons. The average Bonchev–Trinajstić information content (AvgIpc) is 2.70. The summed E-state index contributed by atoms with van der Waals surface area (Å²) in [7, 11) is 0. The highest BCUT2D eigenvalue weighted by atomic mass is 127. The second kappa shape index (κ2) is 3.95. The Bertz CT molecular complexity index is 695. The number of fused-ring (bicyclic) bond motifs is 1. The molecule has 0 atom stereocenters. The van der Waals surface area contributed by atoms with E-state index in [1.54, 1.807) is 12.4 Å². The summed E-state index contributed by atoms with van der Waals surface area (Å²) in [5.41, 5.74) is 8.21. The fourth-order valence-corrected chi connectivity index (χ4v) is 2.08. The second-order valence-corrected chi connectivity index (χ2v) is 4.55. The lowest BCUT2D eigenvalue weighted by Crippen LogP contribution is -1.87. The van der Waals surface area contributed by atoms with Gasteiger partial charge in [0, 0.05) is 18.0 Å². The van der Waals surface area contributed by atoms with E-state index in [1.807, 2.05) is 18.2 Å². The maximum absolute atomic E-state index is 5.65. The van der Waals surface area contributed by atoms with Crippen LogP contribution < -0.4 is 5.73 Å². The van der Waals surface area contributed by atoms with Gasteiger partial charge >= 0.3 is 0 Å². The number of hydrogen-bond donors (Lipinski definition) is 1. The van der Waals surface area contributed by atoms with Crippen molar-refractivity contribution >= 4 is 39.4 Å². The third-order valence-corrected chi connectivity index (χ3v) is 3.43. The van der Waals surface area contributed by atoms with Crippen molar-refractivity contribution in [3.05, 3.63) is 34.2 Å². The fourth-order valence-electron chi connectivity index (χ4n) is 1.58. The van der Waals surface area contributed by atoms with E-state index in [2.05, 4.69) is 37.7 Å². The average molecular weight is 338 g/mol. The Morgan fingerprint density at radius 3 is 2.59 bits per heavy atom. The molecule has 0 aliphatic heterocycles. The molecule has 0 amide bonds. The maximum Gasteiger partial charge on any atom is 0.182 e. The molecular weight excluding hydrogens is 331 g/mol. The van der Waals surface area contributed by atoms with Crippen LogP contribution in [0.3, 0.4) is 0 Å². The number of benzene rings is 1. The largest absolute Gasteiger partial charge is 0.380 e. The Labute approximate surface area is 110 Å². The molecule has 0 aliphatic carbocycles. The van der Waals surface area contributed by atoms with Crippen molar-refractivity contribution in [2.45, 2.75) is 0 Å². The van der Waals surface area contributed by atoms with E-state index < -0.39 is 0 Å². The molecule has 2 N–H and O–H groups in total. The van der Waals surface area contributed by atoms with Crippen molar-refractivity contribution in [1.82, 2.24) is 15.1 Å². The highest BCUT2D eigenvalue weighted by molar-refractivity contribution is 14.1. The Kier molecular flexibility index (Phi) is 2.43. The SMILES string of the molecule is Nc1noc(-c2ccc3nccnc3c2)c1I. The van der Waals surface area contributed by atoms with E-state index in [4.69, 9.17) is 10.3 Å².